The second kappa shape index (κ2) is 2.10. The molecule has 0 bridgehead atoms. The molecular formula is C6H13BO. The fourth-order valence-corrected chi connectivity index (χ4v) is 1.07. The molecule has 46 valence electrons. The molecule has 0 aromatic carbocycles. The molecule has 0 spiro atoms. The summed E-state index contributed by atoms with van der Waals surface area (Å²) in [7, 11) is 0.976. The van der Waals surface area contributed by atoms with Gasteiger partial charge in [-0.05, 0) is 5.41 Å². The summed E-state index contributed by atoms with van der Waals surface area (Å²) in [6.45, 7) is 5.46. The highest BCUT2D eigenvalue weighted by Gasteiger charge is 2.21. The van der Waals surface area contributed by atoms with Gasteiger partial charge in [0.15, 0.2) is 0 Å². The van der Waals surface area contributed by atoms with E-state index >= 15 is 0 Å². The maximum atomic E-state index is 5.28. The molecule has 0 aliphatic carbocycles. The van der Waals surface area contributed by atoms with Crippen molar-refractivity contribution in [3.05, 3.63) is 0 Å². The highest BCUT2D eigenvalue weighted by atomic mass is 16.4. The van der Waals surface area contributed by atoms with Crippen LogP contribution in [0.4, 0.5) is 0 Å². The molecule has 0 amide bonds. The predicted molar refractivity (Wildman–Crippen MR) is 36.3 cm³/mol. The highest BCUT2D eigenvalue weighted by molar-refractivity contribution is 6.27. The summed E-state index contributed by atoms with van der Waals surface area (Å²) in [4.78, 5) is 0. The van der Waals surface area contributed by atoms with Gasteiger partial charge in [-0.2, -0.15) is 0 Å². The lowest BCUT2D eigenvalue weighted by Gasteiger charge is -2.28. The zero-order chi connectivity index (χ0) is 6.04. The van der Waals surface area contributed by atoms with E-state index in [1.54, 1.807) is 0 Å². The molecule has 0 atom stereocenters. The number of hydrogen-bond donors (Lipinski definition) is 0. The zero-order valence-electron chi connectivity index (χ0n) is 5.74. The molecule has 1 nitrogen and oxygen atoms in total. The van der Waals surface area contributed by atoms with Crippen LogP contribution in [0.2, 0.25) is 6.32 Å². The summed E-state index contributed by atoms with van der Waals surface area (Å²) in [6.07, 6.45) is 2.57. The predicted octanol–water partition coefficient (Wildman–Crippen LogP) is 1.20. The molecule has 0 aromatic rings. The standard InChI is InChI=1S/C6H13BO/c1-6(2)3-4-7-8-5-6/h7H,3-5H2,1-2H3. The van der Waals surface area contributed by atoms with E-state index in [2.05, 4.69) is 13.8 Å². The maximum absolute atomic E-state index is 5.28. The Morgan fingerprint density at radius 3 is 2.50 bits per heavy atom. The third-order valence-corrected chi connectivity index (χ3v) is 1.64. The molecule has 0 saturated carbocycles. The minimum absolute atomic E-state index is 0.457. The first kappa shape index (κ1) is 6.15. The van der Waals surface area contributed by atoms with Crippen molar-refractivity contribution in [2.24, 2.45) is 5.41 Å². The molecule has 0 radical (unpaired) electrons. The lowest BCUT2D eigenvalue weighted by atomic mass is 9.76. The molecule has 1 saturated heterocycles. The molecule has 1 fully saturated rings. The Labute approximate surface area is 51.7 Å². The molecule has 0 unspecified atom stereocenters. The molecule has 1 heterocycles. The van der Waals surface area contributed by atoms with Crippen molar-refractivity contribution in [3.8, 4) is 0 Å². The summed E-state index contributed by atoms with van der Waals surface area (Å²) in [6, 6.07) is 0. The van der Waals surface area contributed by atoms with E-state index in [1.165, 1.54) is 12.7 Å². The van der Waals surface area contributed by atoms with E-state index in [1.807, 2.05) is 0 Å². The van der Waals surface area contributed by atoms with Crippen molar-refractivity contribution in [1.29, 1.82) is 0 Å². The quantitative estimate of drug-likeness (QED) is 0.428. The van der Waals surface area contributed by atoms with Crippen LogP contribution < -0.4 is 0 Å². The molecule has 2 heteroatoms. The first-order valence-electron chi connectivity index (χ1n) is 3.28. The van der Waals surface area contributed by atoms with E-state index in [9.17, 15) is 0 Å². The Balaban J connectivity index is 2.33. The first-order valence-corrected chi connectivity index (χ1v) is 3.28. The van der Waals surface area contributed by atoms with Gasteiger partial charge in [-0.25, -0.2) is 0 Å². The molecule has 1 aliphatic rings. The number of rotatable bonds is 0. The third-order valence-electron chi connectivity index (χ3n) is 1.64. The van der Waals surface area contributed by atoms with Gasteiger partial charge < -0.3 is 4.65 Å². The van der Waals surface area contributed by atoms with Crippen molar-refractivity contribution >= 4 is 7.48 Å². The van der Waals surface area contributed by atoms with Gasteiger partial charge in [-0.1, -0.05) is 26.6 Å². The van der Waals surface area contributed by atoms with Gasteiger partial charge in [0.25, 0.3) is 7.48 Å². The van der Waals surface area contributed by atoms with Crippen LogP contribution in [0.25, 0.3) is 0 Å². The van der Waals surface area contributed by atoms with Crippen molar-refractivity contribution in [2.45, 2.75) is 26.6 Å². The maximum Gasteiger partial charge on any atom is 0.274 e. The van der Waals surface area contributed by atoms with Gasteiger partial charge >= 0.3 is 0 Å². The highest BCUT2D eigenvalue weighted by Crippen LogP contribution is 2.25. The van der Waals surface area contributed by atoms with E-state index in [-0.39, 0.29) is 0 Å². The Kier molecular flexibility index (Phi) is 1.61. The van der Waals surface area contributed by atoms with Gasteiger partial charge in [-0.3, -0.25) is 0 Å². The van der Waals surface area contributed by atoms with Crippen molar-refractivity contribution in [2.75, 3.05) is 6.61 Å². The lowest BCUT2D eigenvalue weighted by Crippen LogP contribution is -2.26. The smallest absolute Gasteiger partial charge is 0.274 e. The Hall–Kier alpha value is 0.0249. The van der Waals surface area contributed by atoms with Crippen LogP contribution in [0.3, 0.4) is 0 Å². The monoisotopic (exact) mass is 112 g/mol. The van der Waals surface area contributed by atoms with E-state index in [4.69, 9.17) is 4.65 Å². The van der Waals surface area contributed by atoms with Crippen LogP contribution in [0, 0.1) is 5.41 Å². The second-order valence-corrected chi connectivity index (χ2v) is 3.32. The fraction of sp³-hybridized carbons (Fsp3) is 1.00. The third kappa shape index (κ3) is 1.51. The van der Waals surface area contributed by atoms with Crippen molar-refractivity contribution < 1.29 is 4.65 Å². The van der Waals surface area contributed by atoms with Crippen LogP contribution in [-0.2, 0) is 4.65 Å². The summed E-state index contributed by atoms with van der Waals surface area (Å²) in [5.41, 5.74) is 0.457. The normalized spacial score (nSPS) is 26.8. The van der Waals surface area contributed by atoms with Gasteiger partial charge in [-0.15, -0.1) is 0 Å². The van der Waals surface area contributed by atoms with Gasteiger partial charge in [0.2, 0.25) is 0 Å². The van der Waals surface area contributed by atoms with Crippen LogP contribution >= 0.6 is 0 Å². The van der Waals surface area contributed by atoms with Crippen molar-refractivity contribution in [3.63, 3.8) is 0 Å². The van der Waals surface area contributed by atoms with E-state index < -0.39 is 0 Å². The summed E-state index contributed by atoms with van der Waals surface area (Å²) < 4.78 is 5.28. The lowest BCUT2D eigenvalue weighted by molar-refractivity contribution is 0.158. The average Bonchev–Trinajstić information content (AvgIpc) is 1.65. The largest absolute Gasteiger partial charge is 0.439 e. The minimum Gasteiger partial charge on any atom is -0.439 e. The molecule has 1 rings (SSSR count). The fourth-order valence-electron chi connectivity index (χ4n) is 1.07. The van der Waals surface area contributed by atoms with Crippen LogP contribution in [-0.4, -0.2) is 14.1 Å². The average molecular weight is 112 g/mol. The molecular weight excluding hydrogens is 98.9 g/mol. The SMILES string of the molecule is CC1(C)CCBOC1. The number of hydrogen-bond acceptors (Lipinski definition) is 1. The van der Waals surface area contributed by atoms with Gasteiger partial charge in [0.1, 0.15) is 0 Å². The Morgan fingerprint density at radius 1 is 1.50 bits per heavy atom. The summed E-state index contributed by atoms with van der Waals surface area (Å²) >= 11 is 0. The molecule has 8 heavy (non-hydrogen) atoms. The van der Waals surface area contributed by atoms with Crippen LogP contribution in [0.1, 0.15) is 20.3 Å². The Morgan fingerprint density at radius 2 is 2.25 bits per heavy atom. The second-order valence-electron chi connectivity index (χ2n) is 3.32. The first-order chi connectivity index (χ1) is 3.71. The summed E-state index contributed by atoms with van der Waals surface area (Å²) in [5.74, 6) is 0. The summed E-state index contributed by atoms with van der Waals surface area (Å²) in [5, 5.41) is 0. The Bertz CT molecular complexity index is 72.6. The van der Waals surface area contributed by atoms with Crippen molar-refractivity contribution in [1.82, 2.24) is 0 Å². The van der Waals surface area contributed by atoms with E-state index in [0.29, 0.717) is 5.41 Å². The van der Waals surface area contributed by atoms with Gasteiger partial charge in [0, 0.05) is 6.61 Å². The van der Waals surface area contributed by atoms with E-state index in [0.717, 1.165) is 14.1 Å². The zero-order valence-corrected chi connectivity index (χ0v) is 5.74. The molecule has 0 N–H and O–H groups in total. The molecule has 1 aliphatic heterocycles. The minimum atomic E-state index is 0.457. The molecule has 0 aromatic heterocycles. The van der Waals surface area contributed by atoms with Gasteiger partial charge in [0.05, 0.1) is 0 Å². The van der Waals surface area contributed by atoms with Crippen LogP contribution in [0.5, 0.6) is 0 Å². The topological polar surface area (TPSA) is 9.23 Å². The van der Waals surface area contributed by atoms with Crippen LogP contribution in [0.15, 0.2) is 0 Å².